The fourth-order valence-electron chi connectivity index (χ4n) is 3.88. The molecule has 0 radical (unpaired) electrons. The number of hydrogen-bond acceptors (Lipinski definition) is 7. The van der Waals surface area contributed by atoms with Gasteiger partial charge in [-0.1, -0.05) is 35.3 Å². The van der Waals surface area contributed by atoms with Crippen LogP contribution in [-0.2, 0) is 14.4 Å². The Morgan fingerprint density at radius 2 is 1.85 bits per heavy atom. The summed E-state index contributed by atoms with van der Waals surface area (Å²) in [6, 6.07) is 10.4. The van der Waals surface area contributed by atoms with Gasteiger partial charge in [0.1, 0.15) is 5.69 Å². The largest absolute Gasteiger partial charge is 0.352 e. The second-order valence-corrected chi connectivity index (χ2v) is 8.37. The van der Waals surface area contributed by atoms with E-state index >= 15 is 0 Å². The Labute approximate surface area is 197 Å². The number of nitro groups is 1. The van der Waals surface area contributed by atoms with Crippen LogP contribution in [0.1, 0.15) is 6.42 Å². The van der Waals surface area contributed by atoms with Crippen LogP contribution in [0.2, 0.25) is 10.0 Å². The van der Waals surface area contributed by atoms with E-state index < -0.39 is 46.9 Å². The molecule has 0 saturated carbocycles. The van der Waals surface area contributed by atoms with Crippen LogP contribution in [0, 0.1) is 22.0 Å². The number of piperidine rings is 1. The van der Waals surface area contributed by atoms with Gasteiger partial charge >= 0.3 is 0 Å². The van der Waals surface area contributed by atoms with Crippen molar-refractivity contribution in [2.45, 2.75) is 18.9 Å². The standard InChI is InChI=1S/C20H18Cl2N6O5/c21-9-5-6-12(11(22)7-9)24-20-26-17-16(19(31)27-20)10(8-15(29)25-17)18(30)23-13-3-1-2-4-14(13)28(32)33/h1-7,10,16-17,20,24,26H,8H2,(H,23,30)(H,25,29)(H,27,31). The van der Waals surface area contributed by atoms with Crippen molar-refractivity contribution in [3.05, 3.63) is 62.6 Å². The van der Waals surface area contributed by atoms with Crippen molar-refractivity contribution >= 4 is 58.0 Å². The Bertz CT molecular complexity index is 1150. The summed E-state index contributed by atoms with van der Waals surface area (Å²) in [4.78, 5) is 48.8. The number of rotatable bonds is 5. The van der Waals surface area contributed by atoms with Gasteiger partial charge in [0.05, 0.1) is 33.6 Å². The molecule has 2 aromatic rings. The van der Waals surface area contributed by atoms with Gasteiger partial charge in [-0.3, -0.25) is 29.8 Å². The number of fused-ring (bicyclic) bond motifs is 1. The molecule has 4 rings (SSSR count). The number of hydrogen-bond donors (Lipinski definition) is 5. The topological polar surface area (TPSA) is 154 Å². The number of nitro benzene ring substituents is 1. The van der Waals surface area contributed by atoms with Gasteiger partial charge in [0.15, 0.2) is 6.29 Å². The van der Waals surface area contributed by atoms with E-state index in [1.54, 1.807) is 12.1 Å². The molecule has 0 spiro atoms. The third-order valence-corrected chi connectivity index (χ3v) is 5.92. The van der Waals surface area contributed by atoms with E-state index in [2.05, 4.69) is 26.6 Å². The zero-order chi connectivity index (χ0) is 23.7. The Hall–Kier alpha value is -3.41. The van der Waals surface area contributed by atoms with Crippen LogP contribution < -0.4 is 26.6 Å². The quantitative estimate of drug-likeness (QED) is 0.315. The van der Waals surface area contributed by atoms with Crippen molar-refractivity contribution in [2.24, 2.45) is 11.8 Å². The van der Waals surface area contributed by atoms with Gasteiger partial charge in [0, 0.05) is 17.5 Å². The molecule has 2 aliphatic heterocycles. The highest BCUT2D eigenvalue weighted by Crippen LogP contribution is 2.31. The molecule has 2 fully saturated rings. The highest BCUT2D eigenvalue weighted by atomic mass is 35.5. The maximum atomic E-state index is 13.0. The molecule has 2 heterocycles. The van der Waals surface area contributed by atoms with Crippen LogP contribution in [-0.4, -0.2) is 35.1 Å². The zero-order valence-corrected chi connectivity index (χ0v) is 18.3. The van der Waals surface area contributed by atoms with Crippen LogP contribution in [0.4, 0.5) is 17.1 Å². The van der Waals surface area contributed by atoms with E-state index in [9.17, 15) is 24.5 Å². The number of nitrogens with one attached hydrogen (secondary N) is 5. The van der Waals surface area contributed by atoms with Crippen LogP contribution in [0.15, 0.2) is 42.5 Å². The Kier molecular flexibility index (Phi) is 6.36. The number of benzene rings is 2. The molecule has 2 saturated heterocycles. The minimum absolute atomic E-state index is 0.0175. The number of carbonyl (C=O) groups excluding carboxylic acids is 3. The lowest BCUT2D eigenvalue weighted by Crippen LogP contribution is -2.72. The average Bonchev–Trinajstić information content (AvgIpc) is 2.75. The molecular weight excluding hydrogens is 475 g/mol. The number of nitrogens with zero attached hydrogens (tertiary/aromatic N) is 1. The number of para-hydroxylation sites is 2. The maximum Gasteiger partial charge on any atom is 0.292 e. The summed E-state index contributed by atoms with van der Waals surface area (Å²) in [6.07, 6.45) is -1.90. The molecule has 4 unspecified atom stereocenters. The molecule has 13 heteroatoms. The lowest BCUT2D eigenvalue weighted by atomic mass is 9.81. The summed E-state index contributed by atoms with van der Waals surface area (Å²) in [7, 11) is 0. The van der Waals surface area contributed by atoms with Gasteiger partial charge in [-0.2, -0.15) is 0 Å². The van der Waals surface area contributed by atoms with Crippen molar-refractivity contribution < 1.29 is 19.3 Å². The van der Waals surface area contributed by atoms with E-state index in [-0.39, 0.29) is 17.8 Å². The van der Waals surface area contributed by atoms with Gasteiger partial charge < -0.3 is 21.3 Å². The first-order valence-corrected chi connectivity index (χ1v) is 10.6. The summed E-state index contributed by atoms with van der Waals surface area (Å²) in [5.74, 6) is -3.58. The van der Waals surface area contributed by atoms with Gasteiger partial charge in [0.2, 0.25) is 17.7 Å². The summed E-state index contributed by atoms with van der Waals surface area (Å²) in [5.41, 5.74) is 0.180. The fraction of sp³-hybridized carbons (Fsp3) is 0.250. The molecule has 3 amide bonds. The van der Waals surface area contributed by atoms with Crippen molar-refractivity contribution in [1.82, 2.24) is 16.0 Å². The normalized spacial score (nSPS) is 24.2. The van der Waals surface area contributed by atoms with Crippen molar-refractivity contribution in [1.29, 1.82) is 0 Å². The summed E-state index contributed by atoms with van der Waals surface area (Å²) < 4.78 is 0. The van der Waals surface area contributed by atoms with Gasteiger partial charge in [-0.25, -0.2) is 0 Å². The first-order valence-electron chi connectivity index (χ1n) is 9.84. The third kappa shape index (κ3) is 4.85. The fourth-order valence-corrected chi connectivity index (χ4v) is 4.34. The third-order valence-electron chi connectivity index (χ3n) is 5.38. The van der Waals surface area contributed by atoms with Crippen LogP contribution in [0.3, 0.4) is 0 Å². The molecule has 2 aromatic carbocycles. The lowest BCUT2D eigenvalue weighted by Gasteiger charge is -2.43. The van der Waals surface area contributed by atoms with Crippen LogP contribution in [0.25, 0.3) is 0 Å². The van der Waals surface area contributed by atoms with Crippen LogP contribution in [0.5, 0.6) is 0 Å². The molecule has 11 nitrogen and oxygen atoms in total. The Morgan fingerprint density at radius 1 is 1.09 bits per heavy atom. The monoisotopic (exact) mass is 492 g/mol. The summed E-state index contributed by atoms with van der Waals surface area (Å²) >= 11 is 12.1. The molecule has 5 N–H and O–H groups in total. The number of carbonyl (C=O) groups is 3. The number of anilines is 2. The molecule has 0 aliphatic carbocycles. The second-order valence-electron chi connectivity index (χ2n) is 7.52. The minimum Gasteiger partial charge on any atom is -0.352 e. The Balaban J connectivity index is 1.51. The highest BCUT2D eigenvalue weighted by molar-refractivity contribution is 6.36. The number of halogens is 2. The molecule has 4 atom stereocenters. The zero-order valence-electron chi connectivity index (χ0n) is 16.8. The van der Waals surface area contributed by atoms with Crippen molar-refractivity contribution in [2.75, 3.05) is 10.6 Å². The predicted octanol–water partition coefficient (Wildman–Crippen LogP) is 2.03. The average molecular weight is 493 g/mol. The van der Waals surface area contributed by atoms with Crippen LogP contribution >= 0.6 is 23.2 Å². The Morgan fingerprint density at radius 3 is 2.58 bits per heavy atom. The van der Waals surface area contributed by atoms with E-state index in [0.717, 1.165) is 0 Å². The first kappa shape index (κ1) is 22.8. The highest BCUT2D eigenvalue weighted by Gasteiger charge is 2.48. The van der Waals surface area contributed by atoms with Gasteiger partial charge in [-0.15, -0.1) is 0 Å². The first-order chi connectivity index (χ1) is 15.7. The summed E-state index contributed by atoms with van der Waals surface area (Å²) in [5, 5.41) is 25.9. The maximum absolute atomic E-state index is 13.0. The van der Waals surface area contributed by atoms with Gasteiger partial charge in [-0.05, 0) is 24.3 Å². The molecule has 0 aromatic heterocycles. The molecular formula is C20H18Cl2N6O5. The molecule has 33 heavy (non-hydrogen) atoms. The van der Waals surface area contributed by atoms with E-state index in [1.165, 1.54) is 30.3 Å². The number of amides is 3. The SMILES string of the molecule is O=C1CC(C(=O)Nc2ccccc2[N+](=O)[O-])C2C(=O)NC(Nc3ccc(Cl)cc3Cl)NC2N1. The molecule has 0 bridgehead atoms. The smallest absolute Gasteiger partial charge is 0.292 e. The van der Waals surface area contributed by atoms with Crippen molar-refractivity contribution in [3.8, 4) is 0 Å². The minimum atomic E-state index is -1.05. The lowest BCUT2D eigenvalue weighted by molar-refractivity contribution is -0.383. The second kappa shape index (κ2) is 9.22. The van der Waals surface area contributed by atoms with Crippen molar-refractivity contribution in [3.63, 3.8) is 0 Å². The van der Waals surface area contributed by atoms with E-state index in [1.807, 2.05) is 0 Å². The molecule has 2 aliphatic rings. The van der Waals surface area contributed by atoms with Gasteiger partial charge in [0.25, 0.3) is 5.69 Å². The summed E-state index contributed by atoms with van der Waals surface area (Å²) in [6.45, 7) is 0. The predicted molar refractivity (Wildman–Crippen MR) is 120 cm³/mol. The van der Waals surface area contributed by atoms with E-state index in [4.69, 9.17) is 23.2 Å². The van der Waals surface area contributed by atoms with E-state index in [0.29, 0.717) is 15.7 Å². The molecule has 172 valence electrons.